The Morgan fingerprint density at radius 1 is 1.30 bits per heavy atom. The van der Waals surface area contributed by atoms with Gasteiger partial charge in [-0.3, -0.25) is 0 Å². The number of rotatable bonds is 4. The van der Waals surface area contributed by atoms with Gasteiger partial charge >= 0.3 is 11.9 Å². The highest BCUT2D eigenvalue weighted by Gasteiger charge is 2.24. The van der Waals surface area contributed by atoms with Crippen molar-refractivity contribution in [3.63, 3.8) is 0 Å². The first-order valence-corrected chi connectivity index (χ1v) is 6.45. The lowest BCUT2D eigenvalue weighted by atomic mass is 10.2. The van der Waals surface area contributed by atoms with E-state index in [-0.39, 0.29) is 6.61 Å². The Hall–Kier alpha value is -2.30. The molecule has 0 aliphatic rings. The van der Waals surface area contributed by atoms with Gasteiger partial charge in [0.25, 0.3) is 0 Å². The minimum atomic E-state index is -0.598. The fourth-order valence-corrected chi connectivity index (χ4v) is 2.23. The van der Waals surface area contributed by atoms with Gasteiger partial charge in [0, 0.05) is 10.9 Å². The predicted octanol–water partition coefficient (Wildman–Crippen LogP) is 2.55. The van der Waals surface area contributed by atoms with Crippen LogP contribution in [0.1, 0.15) is 30.4 Å². The van der Waals surface area contributed by atoms with Crippen LogP contribution in [0.4, 0.5) is 0 Å². The third-order valence-corrected chi connectivity index (χ3v) is 3.16. The lowest BCUT2D eigenvalue weighted by Gasteiger charge is -2.16. The highest BCUT2D eigenvalue weighted by molar-refractivity contribution is 5.97. The Morgan fingerprint density at radius 2 is 2.00 bits per heavy atom. The quantitative estimate of drug-likeness (QED) is 0.805. The summed E-state index contributed by atoms with van der Waals surface area (Å²) in [6.07, 6.45) is 0. The number of nitrogens with zero attached hydrogens (tertiary/aromatic N) is 1. The van der Waals surface area contributed by atoms with E-state index >= 15 is 0 Å². The number of esters is 2. The maximum atomic E-state index is 12.1. The molecule has 20 heavy (non-hydrogen) atoms. The molecule has 0 spiro atoms. The van der Waals surface area contributed by atoms with E-state index in [4.69, 9.17) is 9.47 Å². The molecule has 5 heteroatoms. The molecule has 0 fully saturated rings. The highest BCUT2D eigenvalue weighted by atomic mass is 16.5. The molecule has 2 aromatic rings. The molecule has 0 aliphatic heterocycles. The topological polar surface area (TPSA) is 57.5 Å². The van der Waals surface area contributed by atoms with Gasteiger partial charge in [0.2, 0.25) is 0 Å². The van der Waals surface area contributed by atoms with Gasteiger partial charge in [-0.15, -0.1) is 0 Å². The van der Waals surface area contributed by atoms with Crippen molar-refractivity contribution in [3.05, 3.63) is 36.0 Å². The smallest absolute Gasteiger partial charge is 0.354 e. The van der Waals surface area contributed by atoms with Gasteiger partial charge in [-0.2, -0.15) is 0 Å². The minimum Gasteiger partial charge on any atom is -0.467 e. The predicted molar refractivity (Wildman–Crippen MR) is 74.6 cm³/mol. The normalized spacial score (nSPS) is 12.2. The van der Waals surface area contributed by atoms with Crippen molar-refractivity contribution in [2.45, 2.75) is 19.9 Å². The van der Waals surface area contributed by atoms with Crippen LogP contribution in [0.2, 0.25) is 0 Å². The van der Waals surface area contributed by atoms with Crippen LogP contribution in [0.25, 0.3) is 10.9 Å². The van der Waals surface area contributed by atoms with Crippen LogP contribution < -0.4 is 0 Å². The van der Waals surface area contributed by atoms with Crippen LogP contribution in [0.15, 0.2) is 30.3 Å². The van der Waals surface area contributed by atoms with Crippen molar-refractivity contribution in [3.8, 4) is 0 Å². The zero-order chi connectivity index (χ0) is 14.7. The zero-order valence-corrected chi connectivity index (χ0v) is 11.8. The molecule has 1 unspecified atom stereocenters. The summed E-state index contributed by atoms with van der Waals surface area (Å²) in [5.41, 5.74) is 1.15. The average Bonchev–Trinajstić information content (AvgIpc) is 2.85. The minimum absolute atomic E-state index is 0.285. The van der Waals surface area contributed by atoms with Crippen molar-refractivity contribution in [1.82, 2.24) is 4.57 Å². The van der Waals surface area contributed by atoms with Crippen molar-refractivity contribution in [1.29, 1.82) is 0 Å². The summed E-state index contributed by atoms with van der Waals surface area (Å²) in [7, 11) is 1.33. The number of carbonyl (C=O) groups excluding carboxylic acids is 2. The van der Waals surface area contributed by atoms with E-state index in [0.29, 0.717) is 5.69 Å². The summed E-state index contributed by atoms with van der Waals surface area (Å²) in [6, 6.07) is 8.62. The fourth-order valence-electron chi connectivity index (χ4n) is 2.23. The van der Waals surface area contributed by atoms with Crippen molar-refractivity contribution >= 4 is 22.8 Å². The first-order valence-electron chi connectivity index (χ1n) is 6.45. The number of benzene rings is 1. The van der Waals surface area contributed by atoms with E-state index in [1.807, 2.05) is 24.3 Å². The molecule has 0 amide bonds. The first kappa shape index (κ1) is 14.1. The van der Waals surface area contributed by atoms with Gasteiger partial charge in [0.15, 0.2) is 0 Å². The molecule has 2 rings (SSSR count). The standard InChI is InChI=1S/C15H17NO4/c1-4-20-15(18)13-9-11-7-5-6-8-12(11)16(13)10(2)14(17)19-3/h5-10H,4H2,1-3H3. The maximum absolute atomic E-state index is 12.1. The lowest BCUT2D eigenvalue weighted by Crippen LogP contribution is -2.22. The second-order valence-electron chi connectivity index (χ2n) is 4.38. The number of hydrogen-bond donors (Lipinski definition) is 0. The fraction of sp³-hybridized carbons (Fsp3) is 0.333. The molecule has 0 aliphatic carbocycles. The van der Waals surface area contributed by atoms with Gasteiger partial charge in [-0.05, 0) is 26.0 Å². The highest BCUT2D eigenvalue weighted by Crippen LogP contribution is 2.25. The molecule has 1 aromatic carbocycles. The number of carbonyl (C=O) groups is 2. The Balaban J connectivity index is 2.61. The summed E-state index contributed by atoms with van der Waals surface area (Å²) in [5, 5.41) is 0.881. The number of methoxy groups -OCH3 is 1. The number of para-hydroxylation sites is 1. The largest absolute Gasteiger partial charge is 0.467 e. The molecule has 0 saturated carbocycles. The Labute approximate surface area is 117 Å². The van der Waals surface area contributed by atoms with E-state index in [1.54, 1.807) is 24.5 Å². The van der Waals surface area contributed by atoms with Gasteiger partial charge in [-0.25, -0.2) is 9.59 Å². The third-order valence-electron chi connectivity index (χ3n) is 3.16. The van der Waals surface area contributed by atoms with E-state index in [1.165, 1.54) is 7.11 Å². The Kier molecular flexibility index (Phi) is 4.08. The van der Waals surface area contributed by atoms with Gasteiger partial charge in [0.05, 0.1) is 13.7 Å². The average molecular weight is 275 g/mol. The van der Waals surface area contributed by atoms with Gasteiger partial charge in [0.1, 0.15) is 11.7 Å². The molecule has 0 radical (unpaired) electrons. The molecule has 1 heterocycles. The summed E-state index contributed by atoms with van der Waals surface area (Å²) in [5.74, 6) is -0.851. The van der Waals surface area contributed by atoms with Crippen molar-refractivity contribution < 1.29 is 19.1 Å². The molecule has 0 saturated heterocycles. The molecule has 0 bridgehead atoms. The van der Waals surface area contributed by atoms with E-state index in [0.717, 1.165) is 10.9 Å². The molecular formula is C15H17NO4. The Bertz CT molecular complexity index is 644. The van der Waals surface area contributed by atoms with Gasteiger partial charge < -0.3 is 14.0 Å². The van der Waals surface area contributed by atoms with Crippen LogP contribution in [0.5, 0.6) is 0 Å². The summed E-state index contributed by atoms with van der Waals surface area (Å²) in [6.45, 7) is 3.72. The molecule has 106 valence electrons. The summed E-state index contributed by atoms with van der Waals surface area (Å²) in [4.78, 5) is 23.8. The van der Waals surface area contributed by atoms with E-state index in [9.17, 15) is 9.59 Å². The van der Waals surface area contributed by atoms with E-state index in [2.05, 4.69) is 0 Å². The van der Waals surface area contributed by atoms with E-state index < -0.39 is 18.0 Å². The number of ether oxygens (including phenoxy) is 2. The van der Waals surface area contributed by atoms with Gasteiger partial charge in [-0.1, -0.05) is 18.2 Å². The van der Waals surface area contributed by atoms with Crippen LogP contribution in [-0.2, 0) is 14.3 Å². The molecule has 0 N–H and O–H groups in total. The van der Waals surface area contributed by atoms with Crippen LogP contribution in [0.3, 0.4) is 0 Å². The second-order valence-corrected chi connectivity index (χ2v) is 4.38. The maximum Gasteiger partial charge on any atom is 0.354 e. The van der Waals surface area contributed by atoms with Crippen molar-refractivity contribution in [2.75, 3.05) is 13.7 Å². The number of fused-ring (bicyclic) bond motifs is 1. The zero-order valence-electron chi connectivity index (χ0n) is 11.8. The molecule has 5 nitrogen and oxygen atoms in total. The molecular weight excluding hydrogens is 258 g/mol. The SMILES string of the molecule is CCOC(=O)c1cc2ccccc2n1C(C)C(=O)OC. The van der Waals surface area contributed by atoms with Crippen LogP contribution in [-0.4, -0.2) is 30.2 Å². The third kappa shape index (κ3) is 2.39. The molecule has 1 aromatic heterocycles. The van der Waals surface area contributed by atoms with Crippen molar-refractivity contribution in [2.24, 2.45) is 0 Å². The van der Waals surface area contributed by atoms with Crippen LogP contribution >= 0.6 is 0 Å². The first-order chi connectivity index (χ1) is 9.60. The monoisotopic (exact) mass is 275 g/mol. The lowest BCUT2D eigenvalue weighted by molar-refractivity contribution is -0.143. The second kappa shape index (κ2) is 5.77. The number of hydrogen-bond acceptors (Lipinski definition) is 4. The summed E-state index contributed by atoms with van der Waals surface area (Å²) >= 11 is 0. The van der Waals surface area contributed by atoms with Crippen LogP contribution in [0, 0.1) is 0 Å². The Morgan fingerprint density at radius 3 is 2.65 bits per heavy atom. The molecule has 1 atom stereocenters. The summed E-state index contributed by atoms with van der Waals surface area (Å²) < 4.78 is 11.5. The number of aromatic nitrogens is 1.